The van der Waals surface area contributed by atoms with Gasteiger partial charge in [-0.25, -0.2) is 0 Å². The lowest BCUT2D eigenvalue weighted by Gasteiger charge is -2.39. The molecule has 3 aliphatic heterocycles. The fourth-order valence-electron chi connectivity index (χ4n) is 5.95. The van der Waals surface area contributed by atoms with Gasteiger partial charge in [0.25, 0.3) is 0 Å². The standard InChI is InChI=1S/C27H41N3O7/c1-7-9-10-20(32)28-14-18(6)36-26(35)21-19-11-12-27(37-19)22(21)24(33)30(17(5)15-31)23(27)25(34)29(13-8-2)16(3)4/h7-8,16-19,21-23,31H,1-2,9-15H2,3-6H3,(H,28,32)/t17-,18+,19-,21+,22+,23-,27+/m1/s1. The first-order valence-corrected chi connectivity index (χ1v) is 13.1. The molecule has 7 atom stereocenters. The number of rotatable bonds is 13. The van der Waals surface area contributed by atoms with E-state index in [0.717, 1.165) is 0 Å². The van der Waals surface area contributed by atoms with E-state index in [1.807, 2.05) is 13.8 Å². The molecule has 3 fully saturated rings. The topological polar surface area (TPSA) is 125 Å². The Morgan fingerprint density at radius 3 is 2.57 bits per heavy atom. The van der Waals surface area contributed by atoms with Crippen LogP contribution in [-0.2, 0) is 28.7 Å². The van der Waals surface area contributed by atoms with Crippen LogP contribution in [0.5, 0.6) is 0 Å². The summed E-state index contributed by atoms with van der Waals surface area (Å²) in [4.78, 5) is 56.0. The number of nitrogens with one attached hydrogen (secondary N) is 1. The number of carbonyl (C=O) groups is 4. The molecule has 0 aromatic carbocycles. The molecule has 3 aliphatic rings. The monoisotopic (exact) mass is 519 g/mol. The van der Waals surface area contributed by atoms with Gasteiger partial charge in [-0.1, -0.05) is 12.2 Å². The molecule has 3 heterocycles. The van der Waals surface area contributed by atoms with Gasteiger partial charge in [-0.3, -0.25) is 19.2 Å². The Morgan fingerprint density at radius 1 is 1.27 bits per heavy atom. The normalized spacial score (nSPS) is 29.6. The first-order valence-electron chi connectivity index (χ1n) is 13.1. The number of allylic oxidation sites excluding steroid dienone is 1. The molecule has 37 heavy (non-hydrogen) atoms. The average molecular weight is 520 g/mol. The summed E-state index contributed by atoms with van der Waals surface area (Å²) < 4.78 is 12.0. The number of ether oxygens (including phenoxy) is 2. The number of esters is 1. The van der Waals surface area contributed by atoms with Crippen LogP contribution >= 0.6 is 0 Å². The third-order valence-electron chi connectivity index (χ3n) is 7.69. The maximum absolute atomic E-state index is 13.9. The third-order valence-corrected chi connectivity index (χ3v) is 7.69. The van der Waals surface area contributed by atoms with Crippen LogP contribution in [0.15, 0.2) is 25.3 Å². The molecule has 10 nitrogen and oxygen atoms in total. The fraction of sp³-hybridized carbons (Fsp3) is 0.704. The third kappa shape index (κ3) is 5.31. The van der Waals surface area contributed by atoms with Crippen molar-refractivity contribution in [3.63, 3.8) is 0 Å². The van der Waals surface area contributed by atoms with E-state index in [0.29, 0.717) is 32.2 Å². The van der Waals surface area contributed by atoms with E-state index in [-0.39, 0.29) is 36.9 Å². The number of likely N-dealkylation sites (tertiary alicyclic amines) is 1. The molecule has 206 valence electrons. The van der Waals surface area contributed by atoms with Crippen molar-refractivity contribution >= 4 is 23.7 Å². The molecular weight excluding hydrogens is 478 g/mol. The number of hydrogen-bond acceptors (Lipinski definition) is 7. The Labute approximate surface area is 219 Å². The van der Waals surface area contributed by atoms with Crippen LogP contribution in [0.4, 0.5) is 0 Å². The van der Waals surface area contributed by atoms with Gasteiger partial charge in [0, 0.05) is 19.0 Å². The van der Waals surface area contributed by atoms with E-state index < -0.39 is 47.7 Å². The lowest BCUT2D eigenvalue weighted by molar-refractivity contribution is -0.160. The summed E-state index contributed by atoms with van der Waals surface area (Å²) in [6.07, 6.45) is 3.97. The largest absolute Gasteiger partial charge is 0.460 e. The van der Waals surface area contributed by atoms with E-state index in [2.05, 4.69) is 18.5 Å². The first kappa shape index (κ1) is 28.8. The van der Waals surface area contributed by atoms with Crippen LogP contribution in [0, 0.1) is 11.8 Å². The van der Waals surface area contributed by atoms with Crippen LogP contribution in [0.2, 0.25) is 0 Å². The SMILES string of the molecule is C=CCCC(=O)NC[C@H](C)OC(=O)[C@@H]1[C@H]2C(=O)N([C@H](C)CO)[C@H](C(=O)N(CC=C)C(C)C)[C@]23CC[C@H]1O3. The van der Waals surface area contributed by atoms with E-state index in [1.54, 1.807) is 30.9 Å². The number of fused-ring (bicyclic) bond motifs is 1. The molecule has 3 saturated heterocycles. The summed E-state index contributed by atoms with van der Waals surface area (Å²) in [7, 11) is 0. The van der Waals surface area contributed by atoms with Crippen molar-refractivity contribution in [1.82, 2.24) is 15.1 Å². The molecular formula is C27H41N3O7. The van der Waals surface area contributed by atoms with Crippen LogP contribution < -0.4 is 5.32 Å². The molecule has 0 unspecified atom stereocenters. The fourth-order valence-corrected chi connectivity index (χ4v) is 5.95. The molecule has 3 amide bonds. The van der Waals surface area contributed by atoms with Gasteiger partial charge in [0.1, 0.15) is 17.7 Å². The lowest BCUT2D eigenvalue weighted by atomic mass is 9.70. The van der Waals surface area contributed by atoms with Crippen molar-refractivity contribution in [3.05, 3.63) is 25.3 Å². The maximum atomic E-state index is 13.9. The summed E-state index contributed by atoms with van der Waals surface area (Å²) >= 11 is 0. The van der Waals surface area contributed by atoms with Gasteiger partial charge in [0.05, 0.1) is 37.1 Å². The lowest BCUT2D eigenvalue weighted by Crippen LogP contribution is -2.59. The quantitative estimate of drug-likeness (QED) is 0.276. The number of amides is 3. The van der Waals surface area contributed by atoms with Crippen LogP contribution in [0.1, 0.15) is 53.4 Å². The van der Waals surface area contributed by atoms with Gasteiger partial charge in [-0.2, -0.15) is 0 Å². The van der Waals surface area contributed by atoms with Gasteiger partial charge in [-0.15, -0.1) is 13.2 Å². The van der Waals surface area contributed by atoms with E-state index >= 15 is 0 Å². The van der Waals surface area contributed by atoms with E-state index in [1.165, 1.54) is 4.90 Å². The van der Waals surface area contributed by atoms with Crippen molar-refractivity contribution in [2.45, 2.75) is 89.3 Å². The second kappa shape index (κ2) is 11.8. The Balaban J connectivity index is 1.84. The van der Waals surface area contributed by atoms with Gasteiger partial charge in [0.15, 0.2) is 0 Å². The number of aliphatic hydroxyl groups is 1. The number of nitrogens with zero attached hydrogens (tertiary/aromatic N) is 2. The zero-order valence-corrected chi connectivity index (χ0v) is 22.4. The molecule has 10 heteroatoms. The predicted octanol–water partition coefficient (Wildman–Crippen LogP) is 1.18. The second-order valence-corrected chi connectivity index (χ2v) is 10.6. The van der Waals surface area contributed by atoms with Crippen LogP contribution in [0.3, 0.4) is 0 Å². The molecule has 0 saturated carbocycles. The maximum Gasteiger partial charge on any atom is 0.312 e. The summed E-state index contributed by atoms with van der Waals surface area (Å²) in [5, 5.41) is 12.7. The van der Waals surface area contributed by atoms with Crippen molar-refractivity contribution in [1.29, 1.82) is 0 Å². The molecule has 2 bridgehead atoms. The molecule has 0 aromatic heterocycles. The zero-order chi connectivity index (χ0) is 27.5. The van der Waals surface area contributed by atoms with Crippen molar-refractivity contribution in [3.8, 4) is 0 Å². The highest BCUT2D eigenvalue weighted by Gasteiger charge is 2.75. The van der Waals surface area contributed by atoms with E-state index in [9.17, 15) is 24.3 Å². The minimum Gasteiger partial charge on any atom is -0.460 e. The smallest absolute Gasteiger partial charge is 0.312 e. The minimum absolute atomic E-state index is 0.142. The molecule has 0 radical (unpaired) electrons. The highest BCUT2D eigenvalue weighted by Crippen LogP contribution is 2.59. The highest BCUT2D eigenvalue weighted by molar-refractivity contribution is 5.98. The van der Waals surface area contributed by atoms with Gasteiger partial charge >= 0.3 is 5.97 Å². The van der Waals surface area contributed by atoms with Crippen LogP contribution in [-0.4, -0.2) is 94.2 Å². The number of aliphatic hydroxyl groups excluding tert-OH is 1. The Morgan fingerprint density at radius 2 is 1.97 bits per heavy atom. The summed E-state index contributed by atoms with van der Waals surface area (Å²) in [6.45, 7) is 14.6. The van der Waals surface area contributed by atoms with Gasteiger partial charge in [-0.05, 0) is 47.0 Å². The van der Waals surface area contributed by atoms with Gasteiger partial charge in [0.2, 0.25) is 17.7 Å². The zero-order valence-electron chi connectivity index (χ0n) is 22.4. The summed E-state index contributed by atoms with van der Waals surface area (Å²) in [5.41, 5.74) is -1.16. The molecule has 3 rings (SSSR count). The Bertz CT molecular complexity index is 922. The molecule has 1 spiro atoms. The molecule has 0 aliphatic carbocycles. The average Bonchev–Trinajstić information content (AvgIpc) is 3.50. The number of hydrogen-bond donors (Lipinski definition) is 2. The molecule has 2 N–H and O–H groups in total. The second-order valence-electron chi connectivity index (χ2n) is 10.6. The summed E-state index contributed by atoms with van der Waals surface area (Å²) in [5.74, 6) is -3.14. The van der Waals surface area contributed by atoms with Crippen molar-refractivity contribution in [2.75, 3.05) is 19.7 Å². The Hall–Kier alpha value is -2.72. The minimum atomic E-state index is -1.16. The predicted molar refractivity (Wildman–Crippen MR) is 136 cm³/mol. The van der Waals surface area contributed by atoms with Crippen molar-refractivity contribution in [2.24, 2.45) is 11.8 Å². The van der Waals surface area contributed by atoms with Crippen LogP contribution in [0.25, 0.3) is 0 Å². The highest BCUT2D eigenvalue weighted by atomic mass is 16.6. The van der Waals surface area contributed by atoms with Crippen molar-refractivity contribution < 1.29 is 33.8 Å². The molecule has 0 aromatic rings. The van der Waals surface area contributed by atoms with Gasteiger partial charge < -0.3 is 29.7 Å². The summed E-state index contributed by atoms with van der Waals surface area (Å²) in [6, 6.07) is -1.74. The number of carbonyl (C=O) groups excluding carboxylic acids is 4. The first-order chi connectivity index (χ1) is 17.5. The van der Waals surface area contributed by atoms with E-state index in [4.69, 9.17) is 9.47 Å². The Kier molecular flexibility index (Phi) is 9.18.